The minimum atomic E-state index is -1.24. The van der Waals surface area contributed by atoms with Crippen LogP contribution in [0.15, 0.2) is 24.3 Å². The first-order chi connectivity index (χ1) is 7.10. The van der Waals surface area contributed by atoms with Crippen molar-refractivity contribution in [3.05, 3.63) is 29.8 Å². The molecule has 1 heterocycles. The molecule has 3 heteroatoms. The van der Waals surface area contributed by atoms with Crippen LogP contribution < -0.4 is 5.73 Å². The number of thioether (sulfide) groups is 1. The molecule has 1 fully saturated rings. The van der Waals surface area contributed by atoms with Crippen molar-refractivity contribution in [2.75, 3.05) is 17.2 Å². The lowest BCUT2D eigenvalue weighted by molar-refractivity contribution is 0.116. The van der Waals surface area contributed by atoms with Gasteiger partial charge in [0.05, 0.1) is 0 Å². The monoisotopic (exact) mass is 225 g/mol. The molecule has 1 nitrogen and oxygen atoms in total. The summed E-state index contributed by atoms with van der Waals surface area (Å²) in [4.78, 5) is 0. The predicted molar refractivity (Wildman–Crippen MR) is 64.7 cm³/mol. The summed E-state index contributed by atoms with van der Waals surface area (Å²) < 4.78 is 14.6. The van der Waals surface area contributed by atoms with Gasteiger partial charge in [-0.25, -0.2) is 4.39 Å². The van der Waals surface area contributed by atoms with Gasteiger partial charge in [0.1, 0.15) is 5.67 Å². The molecule has 2 unspecified atom stereocenters. The van der Waals surface area contributed by atoms with Crippen molar-refractivity contribution >= 4 is 17.4 Å². The van der Waals surface area contributed by atoms with E-state index in [0.717, 1.165) is 23.5 Å². The summed E-state index contributed by atoms with van der Waals surface area (Å²) in [6.07, 6.45) is 0.965. The van der Waals surface area contributed by atoms with Gasteiger partial charge in [-0.2, -0.15) is 11.8 Å². The van der Waals surface area contributed by atoms with Crippen molar-refractivity contribution in [3.8, 4) is 0 Å². The number of alkyl halides is 1. The fraction of sp³-hybridized carbons (Fsp3) is 0.500. The maximum atomic E-state index is 14.6. The van der Waals surface area contributed by atoms with E-state index < -0.39 is 5.67 Å². The fourth-order valence-electron chi connectivity index (χ4n) is 2.04. The number of anilines is 1. The molecule has 0 aliphatic carbocycles. The quantitative estimate of drug-likeness (QED) is 0.782. The van der Waals surface area contributed by atoms with Gasteiger partial charge >= 0.3 is 0 Å². The highest BCUT2D eigenvalue weighted by atomic mass is 32.2. The van der Waals surface area contributed by atoms with Crippen LogP contribution in [-0.4, -0.2) is 11.5 Å². The van der Waals surface area contributed by atoms with Crippen LogP contribution in [0, 0.1) is 5.92 Å². The van der Waals surface area contributed by atoms with Gasteiger partial charge in [-0.3, -0.25) is 0 Å². The van der Waals surface area contributed by atoms with Crippen LogP contribution in [0.25, 0.3) is 0 Å². The van der Waals surface area contributed by atoms with Gasteiger partial charge in [0, 0.05) is 11.6 Å². The maximum absolute atomic E-state index is 14.6. The Morgan fingerprint density at radius 1 is 1.53 bits per heavy atom. The zero-order valence-corrected chi connectivity index (χ0v) is 9.69. The van der Waals surface area contributed by atoms with Crippen LogP contribution in [-0.2, 0) is 5.67 Å². The van der Waals surface area contributed by atoms with E-state index in [2.05, 4.69) is 0 Å². The van der Waals surface area contributed by atoms with Gasteiger partial charge in [0.25, 0.3) is 0 Å². The Kier molecular flexibility index (Phi) is 2.91. The molecule has 2 atom stereocenters. The number of halogens is 1. The van der Waals surface area contributed by atoms with E-state index in [-0.39, 0.29) is 5.92 Å². The third-order valence-corrected chi connectivity index (χ3v) is 4.31. The van der Waals surface area contributed by atoms with Gasteiger partial charge in [-0.05, 0) is 42.5 Å². The SMILES string of the molecule is CC(F)(c1cccc(N)c1)C1CCSC1. The maximum Gasteiger partial charge on any atom is 0.136 e. The van der Waals surface area contributed by atoms with Crippen molar-refractivity contribution in [2.45, 2.75) is 19.0 Å². The molecule has 0 spiro atoms. The second kappa shape index (κ2) is 4.05. The number of hydrogen-bond acceptors (Lipinski definition) is 2. The van der Waals surface area contributed by atoms with Crippen molar-refractivity contribution in [3.63, 3.8) is 0 Å². The molecule has 1 aromatic rings. The zero-order valence-electron chi connectivity index (χ0n) is 8.87. The van der Waals surface area contributed by atoms with Crippen LogP contribution >= 0.6 is 11.8 Å². The Balaban J connectivity index is 2.27. The molecule has 1 saturated heterocycles. The van der Waals surface area contributed by atoms with Gasteiger partial charge < -0.3 is 5.73 Å². The second-order valence-corrected chi connectivity index (χ2v) is 5.41. The van der Waals surface area contributed by atoms with E-state index in [0.29, 0.717) is 5.69 Å². The van der Waals surface area contributed by atoms with Crippen LogP contribution in [0.5, 0.6) is 0 Å². The Morgan fingerprint density at radius 3 is 2.93 bits per heavy atom. The van der Waals surface area contributed by atoms with Crippen LogP contribution in [0.1, 0.15) is 18.9 Å². The van der Waals surface area contributed by atoms with E-state index in [4.69, 9.17) is 5.73 Å². The third kappa shape index (κ3) is 2.12. The summed E-state index contributed by atoms with van der Waals surface area (Å²) in [5, 5.41) is 0. The molecule has 0 bridgehead atoms. The predicted octanol–water partition coefficient (Wildman–Crippen LogP) is 3.21. The molecule has 0 aromatic heterocycles. The van der Waals surface area contributed by atoms with E-state index in [9.17, 15) is 4.39 Å². The molecule has 0 saturated carbocycles. The Bertz CT molecular complexity index is 345. The first-order valence-electron chi connectivity index (χ1n) is 5.23. The third-order valence-electron chi connectivity index (χ3n) is 3.15. The van der Waals surface area contributed by atoms with Crippen molar-refractivity contribution < 1.29 is 4.39 Å². The van der Waals surface area contributed by atoms with Crippen LogP contribution in [0.2, 0.25) is 0 Å². The number of rotatable bonds is 2. The number of benzene rings is 1. The van der Waals surface area contributed by atoms with Crippen LogP contribution in [0.3, 0.4) is 0 Å². The van der Waals surface area contributed by atoms with E-state index in [1.807, 2.05) is 23.9 Å². The number of nitrogen functional groups attached to an aromatic ring is 1. The van der Waals surface area contributed by atoms with E-state index in [1.165, 1.54) is 0 Å². The smallest absolute Gasteiger partial charge is 0.136 e. The average molecular weight is 225 g/mol. The molecule has 1 aliphatic heterocycles. The molecule has 1 aromatic carbocycles. The highest BCUT2D eigenvalue weighted by molar-refractivity contribution is 7.99. The summed E-state index contributed by atoms with van der Waals surface area (Å²) >= 11 is 1.84. The largest absolute Gasteiger partial charge is 0.399 e. The Hall–Kier alpha value is -0.700. The van der Waals surface area contributed by atoms with E-state index in [1.54, 1.807) is 19.1 Å². The summed E-state index contributed by atoms with van der Waals surface area (Å²) in [6, 6.07) is 7.20. The normalized spacial score (nSPS) is 25.1. The lowest BCUT2D eigenvalue weighted by Gasteiger charge is -2.27. The van der Waals surface area contributed by atoms with Gasteiger partial charge in [0.2, 0.25) is 0 Å². The first-order valence-corrected chi connectivity index (χ1v) is 6.39. The Morgan fingerprint density at radius 2 is 2.33 bits per heavy atom. The highest BCUT2D eigenvalue weighted by Crippen LogP contribution is 2.42. The van der Waals surface area contributed by atoms with Gasteiger partial charge in [-0.1, -0.05) is 12.1 Å². The molecule has 2 rings (SSSR count). The summed E-state index contributed by atoms with van der Waals surface area (Å²) in [6.45, 7) is 1.68. The Labute approximate surface area is 94.2 Å². The molecule has 0 radical (unpaired) electrons. The minimum absolute atomic E-state index is 0.129. The molecule has 15 heavy (non-hydrogen) atoms. The topological polar surface area (TPSA) is 26.0 Å². The number of hydrogen-bond donors (Lipinski definition) is 1. The lowest BCUT2D eigenvalue weighted by atomic mass is 9.84. The van der Waals surface area contributed by atoms with E-state index >= 15 is 0 Å². The molecule has 1 aliphatic rings. The second-order valence-electron chi connectivity index (χ2n) is 4.26. The van der Waals surface area contributed by atoms with Gasteiger partial charge in [0.15, 0.2) is 0 Å². The van der Waals surface area contributed by atoms with Crippen LogP contribution in [0.4, 0.5) is 10.1 Å². The average Bonchev–Trinajstić information content (AvgIpc) is 2.71. The van der Waals surface area contributed by atoms with Gasteiger partial charge in [-0.15, -0.1) is 0 Å². The highest BCUT2D eigenvalue weighted by Gasteiger charge is 2.37. The van der Waals surface area contributed by atoms with Crippen molar-refractivity contribution in [1.82, 2.24) is 0 Å². The van der Waals surface area contributed by atoms with Crippen molar-refractivity contribution in [2.24, 2.45) is 5.92 Å². The molecule has 82 valence electrons. The molecule has 2 N–H and O–H groups in total. The molecular formula is C12H16FNS. The number of nitrogens with two attached hydrogens (primary N) is 1. The summed E-state index contributed by atoms with van der Waals surface area (Å²) in [5.74, 6) is 2.12. The minimum Gasteiger partial charge on any atom is -0.399 e. The standard InChI is InChI=1S/C12H16FNS/c1-12(13,10-5-6-15-8-10)9-3-2-4-11(14)7-9/h2-4,7,10H,5-6,8,14H2,1H3. The molecular weight excluding hydrogens is 209 g/mol. The first kappa shape index (κ1) is 10.8. The lowest BCUT2D eigenvalue weighted by Crippen LogP contribution is -2.27. The summed E-state index contributed by atoms with van der Waals surface area (Å²) in [5.41, 5.74) is 5.80. The fourth-order valence-corrected chi connectivity index (χ4v) is 3.42. The molecule has 0 amide bonds. The zero-order chi connectivity index (χ0) is 10.9. The van der Waals surface area contributed by atoms with Crippen molar-refractivity contribution in [1.29, 1.82) is 0 Å². The summed E-state index contributed by atoms with van der Waals surface area (Å²) in [7, 11) is 0.